The Bertz CT molecular complexity index is 986. The van der Waals surface area contributed by atoms with Gasteiger partial charge in [0.05, 0.1) is 31.4 Å². The van der Waals surface area contributed by atoms with Crippen LogP contribution in [-0.4, -0.2) is 54.1 Å². The van der Waals surface area contributed by atoms with Gasteiger partial charge in [-0.25, -0.2) is 4.98 Å². The van der Waals surface area contributed by atoms with Gasteiger partial charge in [0.15, 0.2) is 0 Å². The van der Waals surface area contributed by atoms with Crippen molar-refractivity contribution in [3.63, 3.8) is 0 Å². The number of ether oxygens (including phenoxy) is 2. The summed E-state index contributed by atoms with van der Waals surface area (Å²) in [6.45, 7) is 1.23. The molecule has 1 fully saturated rings. The van der Waals surface area contributed by atoms with Gasteiger partial charge in [0, 0.05) is 19.1 Å². The normalized spacial score (nSPS) is 16.2. The first-order valence-corrected chi connectivity index (χ1v) is 9.18. The van der Waals surface area contributed by atoms with E-state index in [1.54, 1.807) is 38.6 Å². The van der Waals surface area contributed by atoms with E-state index in [1.807, 2.05) is 29.2 Å². The van der Waals surface area contributed by atoms with Gasteiger partial charge in [0.25, 0.3) is 5.91 Å². The van der Waals surface area contributed by atoms with Gasteiger partial charge in [-0.2, -0.15) is 0 Å². The van der Waals surface area contributed by atoms with Crippen LogP contribution in [0.25, 0.3) is 11.0 Å². The Hall–Kier alpha value is -3.35. The highest BCUT2D eigenvalue weighted by atomic mass is 16.5. The van der Waals surface area contributed by atoms with Crippen molar-refractivity contribution >= 4 is 22.8 Å². The third kappa shape index (κ3) is 3.43. The maximum Gasteiger partial charge on any atom is 0.261 e. The van der Waals surface area contributed by atoms with E-state index in [1.165, 1.54) is 0 Å². The van der Waals surface area contributed by atoms with Crippen LogP contribution in [0.5, 0.6) is 11.5 Å². The highest BCUT2D eigenvalue weighted by Gasteiger charge is 2.30. The molecule has 1 aromatic heterocycles. The van der Waals surface area contributed by atoms with E-state index in [2.05, 4.69) is 15.3 Å². The smallest absolute Gasteiger partial charge is 0.261 e. The van der Waals surface area contributed by atoms with Crippen LogP contribution in [0.2, 0.25) is 0 Å². The number of likely N-dealkylation sites (tertiary alicyclic amines) is 1. The summed E-state index contributed by atoms with van der Waals surface area (Å²) in [5, 5.41) is 3.40. The first-order chi connectivity index (χ1) is 13.7. The van der Waals surface area contributed by atoms with Crippen LogP contribution in [0.3, 0.4) is 0 Å². The molecule has 0 bridgehead atoms. The fraction of sp³-hybridized carbons (Fsp3) is 0.286. The van der Waals surface area contributed by atoms with E-state index in [4.69, 9.17) is 9.47 Å². The molecule has 0 aliphatic carbocycles. The number of methoxy groups -OCH3 is 2. The molecular weight excluding hydrogens is 356 g/mol. The van der Waals surface area contributed by atoms with Crippen LogP contribution >= 0.6 is 0 Å². The molecule has 1 saturated heterocycles. The van der Waals surface area contributed by atoms with Crippen molar-refractivity contribution in [3.05, 3.63) is 54.2 Å². The molecule has 4 rings (SSSR count). The quantitative estimate of drug-likeness (QED) is 0.736. The molecular formula is C21H22N4O3. The van der Waals surface area contributed by atoms with Crippen molar-refractivity contribution in [1.82, 2.24) is 14.9 Å². The number of aromatic nitrogens is 2. The lowest BCUT2D eigenvalue weighted by Crippen LogP contribution is -2.32. The molecule has 0 spiro atoms. The van der Waals surface area contributed by atoms with Crippen LogP contribution in [0.1, 0.15) is 16.8 Å². The molecule has 2 aromatic carbocycles. The molecule has 1 amide bonds. The second-order valence-electron chi connectivity index (χ2n) is 6.66. The second-order valence-corrected chi connectivity index (χ2v) is 6.66. The zero-order chi connectivity index (χ0) is 19.5. The number of para-hydroxylation sites is 2. The maximum atomic E-state index is 13.1. The molecule has 144 valence electrons. The predicted octanol–water partition coefficient (Wildman–Crippen LogP) is 2.97. The first kappa shape index (κ1) is 18.0. The molecule has 1 atom stereocenters. The van der Waals surface area contributed by atoms with Gasteiger partial charge in [0.2, 0.25) is 0 Å². The third-order valence-corrected chi connectivity index (χ3v) is 4.92. The number of hydrogen-bond donors (Lipinski definition) is 1. The van der Waals surface area contributed by atoms with E-state index in [9.17, 15) is 4.79 Å². The molecule has 0 unspecified atom stereocenters. The zero-order valence-corrected chi connectivity index (χ0v) is 15.9. The zero-order valence-electron chi connectivity index (χ0n) is 15.9. The minimum absolute atomic E-state index is 0.0943. The minimum Gasteiger partial charge on any atom is -0.496 e. The molecule has 1 aliphatic rings. The number of benzene rings is 2. The summed E-state index contributed by atoms with van der Waals surface area (Å²) in [6, 6.07) is 13.2. The first-order valence-electron chi connectivity index (χ1n) is 9.18. The number of nitrogens with one attached hydrogen (secondary N) is 1. The van der Waals surface area contributed by atoms with Crippen LogP contribution in [-0.2, 0) is 0 Å². The van der Waals surface area contributed by atoms with Crippen molar-refractivity contribution < 1.29 is 14.3 Å². The van der Waals surface area contributed by atoms with Crippen molar-refractivity contribution in [1.29, 1.82) is 0 Å². The SMILES string of the molecule is COc1cccc(OC)c1C(=O)N1CC[C@@H](Nc2cnc3ccccc3n2)C1. The monoisotopic (exact) mass is 378 g/mol. The van der Waals surface area contributed by atoms with Crippen molar-refractivity contribution in [2.45, 2.75) is 12.5 Å². The number of fused-ring (bicyclic) bond motifs is 1. The van der Waals surface area contributed by atoms with E-state index < -0.39 is 0 Å². The molecule has 0 saturated carbocycles. The van der Waals surface area contributed by atoms with Gasteiger partial charge in [-0.1, -0.05) is 18.2 Å². The average Bonchev–Trinajstić information content (AvgIpc) is 3.21. The lowest BCUT2D eigenvalue weighted by atomic mass is 10.1. The Labute approximate surface area is 163 Å². The van der Waals surface area contributed by atoms with E-state index >= 15 is 0 Å². The van der Waals surface area contributed by atoms with E-state index in [-0.39, 0.29) is 11.9 Å². The standard InChI is InChI=1S/C21H22N4O3/c1-27-17-8-5-9-18(28-2)20(17)21(26)25-11-10-14(13-25)23-19-12-22-15-6-3-4-7-16(15)24-19/h3-9,12,14H,10-11,13H2,1-2H3,(H,23,24)/t14-/m1/s1. The summed E-state index contributed by atoms with van der Waals surface area (Å²) < 4.78 is 10.7. The molecule has 2 heterocycles. The van der Waals surface area contributed by atoms with Crippen LogP contribution < -0.4 is 14.8 Å². The number of hydrogen-bond acceptors (Lipinski definition) is 6. The number of carbonyl (C=O) groups excluding carboxylic acids is 1. The lowest BCUT2D eigenvalue weighted by molar-refractivity contribution is 0.0784. The summed E-state index contributed by atoms with van der Waals surface area (Å²) >= 11 is 0. The van der Waals surface area contributed by atoms with Gasteiger partial charge >= 0.3 is 0 Å². The summed E-state index contributed by atoms with van der Waals surface area (Å²) in [4.78, 5) is 23.9. The Morgan fingerprint density at radius 3 is 2.50 bits per heavy atom. The average molecular weight is 378 g/mol. The molecule has 1 aliphatic heterocycles. The molecule has 0 radical (unpaired) electrons. The molecule has 3 aromatic rings. The number of carbonyl (C=O) groups is 1. The number of nitrogens with zero attached hydrogens (tertiary/aromatic N) is 3. The van der Waals surface area contributed by atoms with Gasteiger partial charge in [0.1, 0.15) is 22.9 Å². The van der Waals surface area contributed by atoms with Gasteiger partial charge < -0.3 is 19.7 Å². The topological polar surface area (TPSA) is 76.6 Å². The molecule has 1 N–H and O–H groups in total. The fourth-order valence-electron chi connectivity index (χ4n) is 3.52. The van der Waals surface area contributed by atoms with Gasteiger partial charge in [-0.15, -0.1) is 0 Å². The van der Waals surface area contributed by atoms with Crippen LogP contribution in [0.15, 0.2) is 48.7 Å². The number of anilines is 1. The van der Waals surface area contributed by atoms with Gasteiger partial charge in [-0.05, 0) is 30.7 Å². The number of rotatable bonds is 5. The molecule has 28 heavy (non-hydrogen) atoms. The van der Waals surface area contributed by atoms with Crippen LogP contribution in [0.4, 0.5) is 5.82 Å². The van der Waals surface area contributed by atoms with E-state index in [0.29, 0.717) is 36.0 Å². The Kier molecular flexibility index (Phi) is 4.97. The summed E-state index contributed by atoms with van der Waals surface area (Å²) in [6.07, 6.45) is 2.56. The van der Waals surface area contributed by atoms with Crippen LogP contribution in [0, 0.1) is 0 Å². The van der Waals surface area contributed by atoms with Crippen molar-refractivity contribution in [2.75, 3.05) is 32.6 Å². The Morgan fingerprint density at radius 2 is 1.79 bits per heavy atom. The third-order valence-electron chi connectivity index (χ3n) is 4.92. The molecule has 7 nitrogen and oxygen atoms in total. The summed E-state index contributed by atoms with van der Waals surface area (Å²) in [5.74, 6) is 1.65. The minimum atomic E-state index is -0.0943. The van der Waals surface area contributed by atoms with E-state index in [0.717, 1.165) is 17.5 Å². The number of amides is 1. The lowest BCUT2D eigenvalue weighted by Gasteiger charge is -2.20. The molecule has 7 heteroatoms. The largest absolute Gasteiger partial charge is 0.496 e. The van der Waals surface area contributed by atoms with Gasteiger partial charge in [-0.3, -0.25) is 9.78 Å². The Morgan fingerprint density at radius 1 is 1.07 bits per heavy atom. The summed E-state index contributed by atoms with van der Waals surface area (Å²) in [5.41, 5.74) is 2.16. The van der Waals surface area contributed by atoms with Crippen molar-refractivity contribution in [2.24, 2.45) is 0 Å². The summed E-state index contributed by atoms with van der Waals surface area (Å²) in [7, 11) is 3.11. The Balaban J connectivity index is 1.48. The van der Waals surface area contributed by atoms with Crippen molar-refractivity contribution in [3.8, 4) is 11.5 Å². The highest BCUT2D eigenvalue weighted by Crippen LogP contribution is 2.30. The highest BCUT2D eigenvalue weighted by molar-refractivity contribution is 6.00. The fourth-order valence-corrected chi connectivity index (χ4v) is 3.52. The maximum absolute atomic E-state index is 13.1. The second kappa shape index (κ2) is 7.72. The predicted molar refractivity (Wildman–Crippen MR) is 107 cm³/mol.